The van der Waals surface area contributed by atoms with Crippen molar-refractivity contribution in [2.24, 2.45) is 5.73 Å². The Morgan fingerprint density at radius 2 is 2.17 bits per heavy atom. The summed E-state index contributed by atoms with van der Waals surface area (Å²) in [7, 11) is 0. The van der Waals surface area contributed by atoms with Crippen molar-refractivity contribution in [1.82, 2.24) is 0 Å². The molecule has 0 heterocycles. The van der Waals surface area contributed by atoms with E-state index >= 15 is 0 Å². The van der Waals surface area contributed by atoms with Gasteiger partial charge in [0.15, 0.2) is 5.78 Å². The van der Waals surface area contributed by atoms with Crippen molar-refractivity contribution in [2.75, 3.05) is 19.8 Å². The highest BCUT2D eigenvalue weighted by atomic mass is 16.5. The number of carbonyl (C=O) groups is 1. The van der Waals surface area contributed by atoms with Crippen LogP contribution < -0.4 is 5.73 Å². The first-order chi connectivity index (χ1) is 5.68. The van der Waals surface area contributed by atoms with Crippen LogP contribution in [0.25, 0.3) is 0 Å². The predicted octanol–water partition coefficient (Wildman–Crippen LogP) is 0.887. The van der Waals surface area contributed by atoms with Crippen LogP contribution in [0.4, 0.5) is 0 Å². The predicted molar refractivity (Wildman–Crippen MR) is 48.9 cm³/mol. The highest BCUT2D eigenvalue weighted by molar-refractivity contribution is 5.93. The molecule has 0 bridgehead atoms. The molecule has 0 atom stereocenters. The van der Waals surface area contributed by atoms with E-state index in [0.29, 0.717) is 31.8 Å². The standard InChI is InChI=1S/C9H17NO2/c1-8(2)9(11)4-3-6-12-7-5-10/h1,3-7,10H2,2H3. The van der Waals surface area contributed by atoms with E-state index in [-0.39, 0.29) is 5.78 Å². The highest BCUT2D eigenvalue weighted by Gasteiger charge is 2.00. The quantitative estimate of drug-likeness (QED) is 0.457. The Bertz CT molecular complexity index is 155. The number of ketones is 1. The average Bonchev–Trinajstić information content (AvgIpc) is 2.03. The maximum atomic E-state index is 11.0. The Hall–Kier alpha value is -0.670. The van der Waals surface area contributed by atoms with Crippen LogP contribution in [0.2, 0.25) is 0 Å². The minimum atomic E-state index is 0.117. The molecule has 0 radical (unpaired) electrons. The largest absolute Gasteiger partial charge is 0.380 e. The normalized spacial score (nSPS) is 9.83. The van der Waals surface area contributed by atoms with Gasteiger partial charge >= 0.3 is 0 Å². The number of ether oxygens (including phenoxy) is 1. The molecule has 0 aromatic heterocycles. The molecule has 0 spiro atoms. The lowest BCUT2D eigenvalue weighted by molar-refractivity contribution is -0.115. The third-order valence-corrected chi connectivity index (χ3v) is 1.43. The van der Waals surface area contributed by atoms with Gasteiger partial charge in [0.2, 0.25) is 0 Å². The minimum Gasteiger partial charge on any atom is -0.380 e. The number of hydrogen-bond donors (Lipinski definition) is 1. The number of carbonyl (C=O) groups excluding carboxylic acids is 1. The Labute approximate surface area is 73.6 Å². The van der Waals surface area contributed by atoms with Gasteiger partial charge in [-0.25, -0.2) is 0 Å². The number of allylic oxidation sites excluding steroid dienone is 1. The van der Waals surface area contributed by atoms with E-state index < -0.39 is 0 Å². The Balaban J connectivity index is 3.20. The van der Waals surface area contributed by atoms with Crippen LogP contribution in [0, 0.1) is 0 Å². The van der Waals surface area contributed by atoms with Gasteiger partial charge in [0.25, 0.3) is 0 Å². The number of hydrogen-bond acceptors (Lipinski definition) is 3. The van der Waals surface area contributed by atoms with Crippen LogP contribution in [0.15, 0.2) is 12.2 Å². The lowest BCUT2D eigenvalue weighted by Crippen LogP contribution is -2.09. The van der Waals surface area contributed by atoms with E-state index in [1.54, 1.807) is 6.92 Å². The van der Waals surface area contributed by atoms with Crippen molar-refractivity contribution >= 4 is 5.78 Å². The molecule has 12 heavy (non-hydrogen) atoms. The summed E-state index contributed by atoms with van der Waals surface area (Å²) >= 11 is 0. The summed E-state index contributed by atoms with van der Waals surface area (Å²) in [6.07, 6.45) is 1.28. The topological polar surface area (TPSA) is 52.3 Å². The van der Waals surface area contributed by atoms with Crippen LogP contribution in [0.5, 0.6) is 0 Å². The van der Waals surface area contributed by atoms with Crippen LogP contribution in [0.1, 0.15) is 19.8 Å². The first kappa shape index (κ1) is 11.3. The lowest BCUT2D eigenvalue weighted by atomic mass is 10.1. The van der Waals surface area contributed by atoms with Gasteiger partial charge in [0.1, 0.15) is 0 Å². The monoisotopic (exact) mass is 171 g/mol. The summed E-state index contributed by atoms with van der Waals surface area (Å²) in [5.41, 5.74) is 5.83. The Morgan fingerprint density at radius 3 is 2.67 bits per heavy atom. The van der Waals surface area contributed by atoms with Crippen LogP contribution in [-0.4, -0.2) is 25.5 Å². The minimum absolute atomic E-state index is 0.117. The number of Topliss-reactive ketones (excluding diaryl/α,β-unsaturated/α-hetero) is 1. The molecular weight excluding hydrogens is 154 g/mol. The average molecular weight is 171 g/mol. The van der Waals surface area contributed by atoms with Gasteiger partial charge in [-0.3, -0.25) is 4.79 Å². The molecule has 0 unspecified atom stereocenters. The molecule has 0 fully saturated rings. The van der Waals surface area contributed by atoms with E-state index in [1.807, 2.05) is 0 Å². The zero-order valence-electron chi connectivity index (χ0n) is 7.64. The first-order valence-electron chi connectivity index (χ1n) is 4.15. The summed E-state index contributed by atoms with van der Waals surface area (Å²) in [6, 6.07) is 0. The third-order valence-electron chi connectivity index (χ3n) is 1.43. The van der Waals surface area contributed by atoms with Gasteiger partial charge in [-0.15, -0.1) is 0 Å². The second-order valence-corrected chi connectivity index (χ2v) is 2.71. The fraction of sp³-hybridized carbons (Fsp3) is 0.667. The molecule has 0 amide bonds. The van der Waals surface area contributed by atoms with Gasteiger partial charge in [0.05, 0.1) is 6.61 Å². The van der Waals surface area contributed by atoms with Gasteiger partial charge in [0, 0.05) is 19.6 Å². The zero-order chi connectivity index (χ0) is 9.40. The van der Waals surface area contributed by atoms with E-state index in [0.717, 1.165) is 6.42 Å². The Kier molecular flexibility index (Phi) is 6.61. The van der Waals surface area contributed by atoms with E-state index in [2.05, 4.69) is 6.58 Å². The molecule has 70 valence electrons. The molecule has 3 nitrogen and oxygen atoms in total. The maximum absolute atomic E-state index is 11.0. The maximum Gasteiger partial charge on any atom is 0.158 e. The van der Waals surface area contributed by atoms with Crippen LogP contribution >= 0.6 is 0 Å². The molecule has 0 aromatic rings. The van der Waals surface area contributed by atoms with Crippen LogP contribution in [0.3, 0.4) is 0 Å². The summed E-state index contributed by atoms with van der Waals surface area (Å²) in [5.74, 6) is 0.117. The molecule has 0 rings (SSSR count). The number of nitrogens with two attached hydrogens (primary N) is 1. The zero-order valence-corrected chi connectivity index (χ0v) is 7.64. The smallest absolute Gasteiger partial charge is 0.158 e. The van der Waals surface area contributed by atoms with E-state index in [1.165, 1.54) is 0 Å². The molecule has 3 heteroatoms. The summed E-state index contributed by atoms with van der Waals surface area (Å²) < 4.78 is 5.11. The molecular formula is C9H17NO2. The van der Waals surface area contributed by atoms with Crippen molar-refractivity contribution in [1.29, 1.82) is 0 Å². The second kappa shape index (κ2) is 7.00. The van der Waals surface area contributed by atoms with Gasteiger partial charge in [-0.2, -0.15) is 0 Å². The molecule has 0 aromatic carbocycles. The molecule has 0 aliphatic heterocycles. The van der Waals surface area contributed by atoms with Crippen molar-refractivity contribution in [2.45, 2.75) is 19.8 Å². The van der Waals surface area contributed by atoms with Crippen molar-refractivity contribution in [3.63, 3.8) is 0 Å². The SMILES string of the molecule is C=C(C)C(=O)CCCOCCN. The van der Waals surface area contributed by atoms with E-state index in [9.17, 15) is 4.79 Å². The van der Waals surface area contributed by atoms with Crippen molar-refractivity contribution < 1.29 is 9.53 Å². The molecule has 0 saturated heterocycles. The summed E-state index contributed by atoms with van der Waals surface area (Å²) in [5, 5.41) is 0. The third kappa shape index (κ3) is 6.07. The van der Waals surface area contributed by atoms with E-state index in [4.69, 9.17) is 10.5 Å². The second-order valence-electron chi connectivity index (χ2n) is 2.71. The summed E-state index contributed by atoms with van der Waals surface area (Å²) in [4.78, 5) is 11.0. The fourth-order valence-corrected chi connectivity index (χ4v) is 0.734. The fourth-order valence-electron chi connectivity index (χ4n) is 0.734. The lowest BCUT2D eigenvalue weighted by Gasteiger charge is -2.01. The molecule has 0 aliphatic rings. The number of rotatable bonds is 7. The molecule has 2 N–H and O–H groups in total. The molecule has 0 aliphatic carbocycles. The molecule has 0 saturated carbocycles. The van der Waals surface area contributed by atoms with Crippen molar-refractivity contribution in [3.8, 4) is 0 Å². The first-order valence-corrected chi connectivity index (χ1v) is 4.15. The highest BCUT2D eigenvalue weighted by Crippen LogP contribution is 1.98. The van der Waals surface area contributed by atoms with Gasteiger partial charge in [-0.1, -0.05) is 6.58 Å². The van der Waals surface area contributed by atoms with Gasteiger partial charge in [-0.05, 0) is 18.9 Å². The van der Waals surface area contributed by atoms with Gasteiger partial charge < -0.3 is 10.5 Å². The summed E-state index contributed by atoms with van der Waals surface area (Å²) in [6.45, 7) is 7.00. The van der Waals surface area contributed by atoms with Crippen molar-refractivity contribution in [3.05, 3.63) is 12.2 Å². The Morgan fingerprint density at radius 1 is 1.50 bits per heavy atom. The van der Waals surface area contributed by atoms with Crippen LogP contribution in [-0.2, 0) is 9.53 Å².